The summed E-state index contributed by atoms with van der Waals surface area (Å²) in [7, 11) is 0. The van der Waals surface area contributed by atoms with E-state index in [1.165, 1.54) is 22.8 Å². The average molecular weight is 534 g/mol. The monoisotopic (exact) mass is 533 g/mol. The summed E-state index contributed by atoms with van der Waals surface area (Å²) in [4.78, 5) is 16.1. The van der Waals surface area contributed by atoms with E-state index in [0.717, 1.165) is 12.8 Å². The molecule has 1 saturated carbocycles. The molecule has 36 heavy (non-hydrogen) atoms. The maximum absolute atomic E-state index is 15.0. The van der Waals surface area contributed by atoms with Crippen molar-refractivity contribution in [2.45, 2.75) is 56.7 Å². The number of amides is 1. The number of halogens is 5. The van der Waals surface area contributed by atoms with Crippen molar-refractivity contribution < 1.29 is 36.6 Å². The van der Waals surface area contributed by atoms with E-state index in [1.807, 2.05) is 6.92 Å². The van der Waals surface area contributed by atoms with Gasteiger partial charge in [0, 0.05) is 11.6 Å². The molecule has 3 aromatic rings. The number of aromatic amines is 1. The van der Waals surface area contributed by atoms with Crippen molar-refractivity contribution >= 4 is 34.8 Å². The maximum Gasteiger partial charge on any atom is 0.522 e. The Bertz CT molecular complexity index is 1280. The molecule has 2 fully saturated rings. The zero-order valence-corrected chi connectivity index (χ0v) is 19.4. The summed E-state index contributed by atoms with van der Waals surface area (Å²) in [6, 6.07) is 2.81. The van der Waals surface area contributed by atoms with Gasteiger partial charge in [0.05, 0.1) is 24.2 Å². The van der Waals surface area contributed by atoms with Gasteiger partial charge in [0.2, 0.25) is 0 Å². The molecule has 0 unspecified atom stereocenters. The Kier molecular flexibility index (Phi) is 6.16. The van der Waals surface area contributed by atoms with Crippen LogP contribution in [0.15, 0.2) is 18.3 Å². The minimum Gasteiger partial charge on any atom is -0.441 e. The fraction of sp³-hybridized carbons (Fsp3) is 0.500. The van der Waals surface area contributed by atoms with Crippen LogP contribution in [-0.2, 0) is 20.8 Å². The molecule has 0 radical (unpaired) electrons. The Morgan fingerprint density at radius 1 is 1.39 bits per heavy atom. The number of carbonyl (C=O) groups excluding carboxylic acids is 1. The van der Waals surface area contributed by atoms with Crippen LogP contribution in [0.1, 0.15) is 37.3 Å². The quantitative estimate of drug-likeness (QED) is 0.390. The van der Waals surface area contributed by atoms with Gasteiger partial charge in [-0.25, -0.2) is 18.7 Å². The molecular weight excluding hydrogens is 514 g/mol. The van der Waals surface area contributed by atoms with Crippen molar-refractivity contribution in [3.63, 3.8) is 0 Å². The number of H-pyrrole nitrogens is 1. The van der Waals surface area contributed by atoms with E-state index in [2.05, 4.69) is 35.7 Å². The Balaban J connectivity index is 1.26. The molecule has 16 heteroatoms. The van der Waals surface area contributed by atoms with Crippen LogP contribution < -0.4 is 10.6 Å². The number of nitrogens with zero attached hydrogens (tertiary/aromatic N) is 4. The largest absolute Gasteiger partial charge is 0.522 e. The standard InChI is InChI=1S/C20H20ClF4N7O4/c1-19(2-3-19)28-18(33)36-12-8-34-16(15(12)22)10-5-14(30-29-10)27-17-11-4-9(7-35-20(23,24)25)31-32(11)6-13(21)26-17/h4-6,12,15-16H,2-3,7-8H2,1H3,(H,28,33)(H2,26,27,29,30)/t12-,15-,16-/m0/s1. The maximum atomic E-state index is 15.0. The zero-order chi connectivity index (χ0) is 25.7. The summed E-state index contributed by atoms with van der Waals surface area (Å²) in [5, 5.41) is 16.3. The van der Waals surface area contributed by atoms with Gasteiger partial charge in [-0.1, -0.05) is 11.6 Å². The highest BCUT2D eigenvalue weighted by molar-refractivity contribution is 6.29. The first-order valence-electron chi connectivity index (χ1n) is 10.8. The molecule has 1 aliphatic heterocycles. The van der Waals surface area contributed by atoms with E-state index in [-0.39, 0.29) is 40.3 Å². The number of ether oxygens (including phenoxy) is 3. The Hall–Kier alpha value is -3.17. The molecule has 0 spiro atoms. The average Bonchev–Trinajstić information content (AvgIpc) is 3.12. The van der Waals surface area contributed by atoms with Gasteiger partial charge in [-0.2, -0.15) is 10.2 Å². The smallest absolute Gasteiger partial charge is 0.441 e. The third kappa shape index (κ3) is 5.47. The van der Waals surface area contributed by atoms with Gasteiger partial charge in [-0.15, -0.1) is 13.2 Å². The highest BCUT2D eigenvalue weighted by atomic mass is 35.5. The number of anilines is 2. The Labute approximate surface area is 205 Å². The van der Waals surface area contributed by atoms with Gasteiger partial charge in [0.15, 0.2) is 23.9 Å². The summed E-state index contributed by atoms with van der Waals surface area (Å²) in [6.07, 6.45) is -6.30. The lowest BCUT2D eigenvalue weighted by Gasteiger charge is -2.17. The molecule has 194 valence electrons. The molecule has 3 N–H and O–H groups in total. The third-order valence-electron chi connectivity index (χ3n) is 5.76. The van der Waals surface area contributed by atoms with E-state index >= 15 is 0 Å². The number of hydrogen-bond acceptors (Lipinski definition) is 8. The highest BCUT2D eigenvalue weighted by Gasteiger charge is 2.44. The van der Waals surface area contributed by atoms with Gasteiger partial charge in [0.1, 0.15) is 23.4 Å². The minimum atomic E-state index is -4.81. The van der Waals surface area contributed by atoms with Crippen molar-refractivity contribution in [2.24, 2.45) is 0 Å². The number of hydrogen-bond donors (Lipinski definition) is 3. The van der Waals surface area contributed by atoms with Crippen LogP contribution in [0.2, 0.25) is 5.15 Å². The molecule has 5 rings (SSSR count). The van der Waals surface area contributed by atoms with Gasteiger partial charge in [-0.05, 0) is 25.8 Å². The summed E-state index contributed by atoms with van der Waals surface area (Å²) in [5.74, 6) is 0.345. The summed E-state index contributed by atoms with van der Waals surface area (Å²) in [6.45, 7) is 0.941. The molecule has 11 nitrogen and oxygen atoms in total. The van der Waals surface area contributed by atoms with Gasteiger partial charge in [-0.3, -0.25) is 9.84 Å². The first-order chi connectivity index (χ1) is 17.0. The topological polar surface area (TPSA) is 128 Å². The lowest BCUT2D eigenvalue weighted by atomic mass is 10.1. The molecule has 0 bridgehead atoms. The van der Waals surface area contributed by atoms with Gasteiger partial charge < -0.3 is 20.1 Å². The van der Waals surface area contributed by atoms with Crippen LogP contribution in [0.5, 0.6) is 0 Å². The Morgan fingerprint density at radius 2 is 2.17 bits per heavy atom. The predicted octanol–water partition coefficient (Wildman–Crippen LogP) is 3.94. The van der Waals surface area contributed by atoms with Crippen LogP contribution >= 0.6 is 11.6 Å². The minimum absolute atomic E-state index is 0.00690. The highest BCUT2D eigenvalue weighted by Crippen LogP contribution is 2.36. The number of carbonyl (C=O) groups is 1. The number of aromatic nitrogens is 5. The van der Waals surface area contributed by atoms with Crippen molar-refractivity contribution in [1.29, 1.82) is 0 Å². The lowest BCUT2D eigenvalue weighted by molar-refractivity contribution is -0.330. The second kappa shape index (κ2) is 9.05. The van der Waals surface area contributed by atoms with E-state index in [0.29, 0.717) is 5.52 Å². The Morgan fingerprint density at radius 3 is 2.89 bits per heavy atom. The van der Waals surface area contributed by atoms with Gasteiger partial charge in [0.25, 0.3) is 0 Å². The van der Waals surface area contributed by atoms with Crippen molar-refractivity contribution in [3.05, 3.63) is 34.9 Å². The predicted molar refractivity (Wildman–Crippen MR) is 115 cm³/mol. The molecule has 1 amide bonds. The third-order valence-corrected chi connectivity index (χ3v) is 5.94. The lowest BCUT2D eigenvalue weighted by Crippen LogP contribution is -2.39. The van der Waals surface area contributed by atoms with E-state index in [9.17, 15) is 22.4 Å². The van der Waals surface area contributed by atoms with Gasteiger partial charge >= 0.3 is 12.5 Å². The first-order valence-corrected chi connectivity index (χ1v) is 11.2. The number of alkyl halides is 4. The molecule has 3 aromatic heterocycles. The summed E-state index contributed by atoms with van der Waals surface area (Å²) >= 11 is 6.01. The zero-order valence-electron chi connectivity index (χ0n) is 18.6. The van der Waals surface area contributed by atoms with Crippen LogP contribution in [0.4, 0.5) is 34.0 Å². The van der Waals surface area contributed by atoms with Crippen LogP contribution in [0, 0.1) is 0 Å². The molecule has 0 aromatic carbocycles. The van der Waals surface area contributed by atoms with E-state index in [4.69, 9.17) is 21.1 Å². The number of nitrogens with one attached hydrogen (secondary N) is 3. The number of alkyl carbamates (subject to hydrolysis) is 1. The van der Waals surface area contributed by atoms with Crippen molar-refractivity contribution in [3.8, 4) is 0 Å². The molecule has 2 aliphatic rings. The normalized spacial score (nSPS) is 23.1. The first kappa shape index (κ1) is 24.5. The molecule has 4 heterocycles. The fourth-order valence-corrected chi connectivity index (χ4v) is 3.84. The van der Waals surface area contributed by atoms with Crippen molar-refractivity contribution in [1.82, 2.24) is 30.1 Å². The number of fused-ring (bicyclic) bond motifs is 1. The van der Waals surface area contributed by atoms with E-state index < -0.39 is 37.4 Å². The summed E-state index contributed by atoms with van der Waals surface area (Å²) < 4.78 is 67.8. The van der Waals surface area contributed by atoms with Crippen LogP contribution in [0.3, 0.4) is 0 Å². The molecular formula is C20H20ClF4N7O4. The molecule has 3 atom stereocenters. The summed E-state index contributed by atoms with van der Waals surface area (Å²) in [5.41, 5.74) is 0.269. The van der Waals surface area contributed by atoms with Crippen molar-refractivity contribution in [2.75, 3.05) is 11.9 Å². The molecule has 1 saturated heterocycles. The second-order valence-electron chi connectivity index (χ2n) is 8.77. The SMILES string of the molecule is CC1(NC(=O)O[C@H]2CO[C@@H](c3cc(Nc4nc(Cl)cn5nc(COC(F)(F)F)cc45)n[nH]3)[C@H]2F)CC1. The molecule has 1 aliphatic carbocycles. The fourth-order valence-electron chi connectivity index (χ4n) is 3.66. The second-order valence-corrected chi connectivity index (χ2v) is 9.16. The van der Waals surface area contributed by atoms with Crippen LogP contribution in [-0.4, -0.2) is 61.7 Å². The number of rotatable bonds is 7. The van der Waals surface area contributed by atoms with E-state index in [1.54, 1.807) is 0 Å². The van der Waals surface area contributed by atoms with Crippen LogP contribution in [0.25, 0.3) is 5.52 Å².